The minimum absolute atomic E-state index is 0.0479. The standard InChI is InChI=1S/C11H17NO3/c1-5-6-14-9-7-12(8-9)10(13)15-11(2,3)4/h6,9H,1,7-8H2,2-4H3. The van der Waals surface area contributed by atoms with Crippen LogP contribution in [-0.2, 0) is 9.47 Å². The Morgan fingerprint density at radius 1 is 1.53 bits per heavy atom. The van der Waals surface area contributed by atoms with Crippen LogP contribution in [0.1, 0.15) is 20.8 Å². The number of carbonyl (C=O) groups is 1. The molecule has 0 aromatic rings. The van der Waals surface area contributed by atoms with Crippen LogP contribution in [0.5, 0.6) is 0 Å². The Labute approximate surface area is 90.2 Å². The van der Waals surface area contributed by atoms with Crippen molar-refractivity contribution in [2.45, 2.75) is 32.5 Å². The Bertz CT molecular complexity index is 281. The van der Waals surface area contributed by atoms with Gasteiger partial charge in [0.15, 0.2) is 0 Å². The number of nitrogens with zero attached hydrogens (tertiary/aromatic N) is 1. The van der Waals surface area contributed by atoms with Gasteiger partial charge in [0.1, 0.15) is 18.0 Å². The van der Waals surface area contributed by atoms with Crippen LogP contribution in [0.4, 0.5) is 4.79 Å². The summed E-state index contributed by atoms with van der Waals surface area (Å²) in [5.41, 5.74) is 2.08. The van der Waals surface area contributed by atoms with Gasteiger partial charge < -0.3 is 14.4 Å². The number of hydrogen-bond donors (Lipinski definition) is 0. The molecule has 0 aromatic heterocycles. The van der Waals surface area contributed by atoms with E-state index in [1.165, 1.54) is 6.26 Å². The lowest BCUT2D eigenvalue weighted by Gasteiger charge is -2.38. The summed E-state index contributed by atoms with van der Waals surface area (Å²) in [6, 6.07) is 0. The number of likely N-dealkylation sites (tertiary alicyclic amines) is 1. The van der Waals surface area contributed by atoms with Crippen molar-refractivity contribution in [3.8, 4) is 0 Å². The first-order chi connectivity index (χ1) is 6.92. The van der Waals surface area contributed by atoms with Crippen molar-refractivity contribution in [1.82, 2.24) is 4.90 Å². The molecule has 1 rings (SSSR count). The molecule has 0 spiro atoms. The summed E-state index contributed by atoms with van der Waals surface area (Å²) in [6.07, 6.45) is 1.17. The molecule has 0 radical (unpaired) electrons. The van der Waals surface area contributed by atoms with E-state index in [4.69, 9.17) is 9.47 Å². The highest BCUT2D eigenvalue weighted by atomic mass is 16.6. The Kier molecular flexibility index (Phi) is 3.43. The topological polar surface area (TPSA) is 38.8 Å². The maximum atomic E-state index is 11.5. The molecule has 0 unspecified atom stereocenters. The fraction of sp³-hybridized carbons (Fsp3) is 0.636. The molecule has 4 heteroatoms. The van der Waals surface area contributed by atoms with E-state index in [9.17, 15) is 4.79 Å². The van der Waals surface area contributed by atoms with Gasteiger partial charge >= 0.3 is 6.09 Å². The molecule has 15 heavy (non-hydrogen) atoms. The first-order valence-electron chi connectivity index (χ1n) is 4.90. The van der Waals surface area contributed by atoms with Crippen molar-refractivity contribution in [3.63, 3.8) is 0 Å². The Morgan fingerprint density at radius 2 is 2.13 bits per heavy atom. The summed E-state index contributed by atoms with van der Waals surface area (Å²) in [7, 11) is 0. The van der Waals surface area contributed by atoms with Crippen LogP contribution < -0.4 is 0 Å². The van der Waals surface area contributed by atoms with Crippen molar-refractivity contribution < 1.29 is 14.3 Å². The molecular formula is C11H17NO3. The zero-order valence-corrected chi connectivity index (χ0v) is 9.45. The van der Waals surface area contributed by atoms with E-state index >= 15 is 0 Å². The smallest absolute Gasteiger partial charge is 0.410 e. The summed E-state index contributed by atoms with van der Waals surface area (Å²) < 4.78 is 10.4. The Morgan fingerprint density at radius 3 is 2.60 bits per heavy atom. The molecule has 1 amide bonds. The van der Waals surface area contributed by atoms with Crippen LogP contribution in [0.2, 0.25) is 0 Å². The molecule has 0 aromatic carbocycles. The third-order valence-electron chi connectivity index (χ3n) is 1.84. The maximum Gasteiger partial charge on any atom is 0.410 e. The van der Waals surface area contributed by atoms with Crippen LogP contribution in [0, 0.1) is 0 Å². The fourth-order valence-electron chi connectivity index (χ4n) is 1.14. The molecule has 1 fully saturated rings. The molecule has 1 aliphatic heterocycles. The molecule has 1 heterocycles. The number of hydrogen-bond acceptors (Lipinski definition) is 3. The largest absolute Gasteiger partial charge is 0.486 e. The average molecular weight is 211 g/mol. The number of rotatable bonds is 2. The van der Waals surface area contributed by atoms with Crippen molar-refractivity contribution >= 4 is 6.09 Å². The van der Waals surface area contributed by atoms with Gasteiger partial charge in [-0.05, 0) is 20.8 Å². The normalized spacial score (nSPS) is 16.3. The third-order valence-corrected chi connectivity index (χ3v) is 1.84. The van der Waals surface area contributed by atoms with Gasteiger partial charge in [0, 0.05) is 0 Å². The average Bonchev–Trinajstić information content (AvgIpc) is 1.98. The highest BCUT2D eigenvalue weighted by Gasteiger charge is 2.34. The SMILES string of the molecule is C=C=COC1CN(C(=O)OC(C)(C)C)C1. The zero-order valence-electron chi connectivity index (χ0n) is 9.45. The van der Waals surface area contributed by atoms with Crippen molar-refractivity contribution in [3.05, 3.63) is 18.6 Å². The van der Waals surface area contributed by atoms with E-state index in [1.54, 1.807) is 4.90 Å². The molecule has 1 saturated heterocycles. The molecule has 0 N–H and O–H groups in total. The number of ether oxygens (including phenoxy) is 2. The summed E-state index contributed by atoms with van der Waals surface area (Å²) in [6.45, 7) is 10.0. The number of carbonyl (C=O) groups excluding carboxylic acids is 1. The molecular weight excluding hydrogens is 194 g/mol. The summed E-state index contributed by atoms with van der Waals surface area (Å²) >= 11 is 0. The minimum atomic E-state index is -0.440. The molecule has 0 bridgehead atoms. The van der Waals surface area contributed by atoms with E-state index < -0.39 is 5.60 Å². The fourth-order valence-corrected chi connectivity index (χ4v) is 1.14. The van der Waals surface area contributed by atoms with Crippen LogP contribution >= 0.6 is 0 Å². The van der Waals surface area contributed by atoms with Gasteiger partial charge in [-0.1, -0.05) is 12.3 Å². The second-order valence-electron chi connectivity index (χ2n) is 4.47. The lowest BCUT2D eigenvalue weighted by molar-refractivity contribution is -0.0349. The van der Waals surface area contributed by atoms with Gasteiger partial charge in [-0.3, -0.25) is 0 Å². The highest BCUT2D eigenvalue weighted by Crippen LogP contribution is 2.16. The second-order valence-corrected chi connectivity index (χ2v) is 4.47. The lowest BCUT2D eigenvalue weighted by atomic mass is 10.2. The second kappa shape index (κ2) is 4.41. The summed E-state index contributed by atoms with van der Waals surface area (Å²) in [5, 5.41) is 0. The van der Waals surface area contributed by atoms with Crippen LogP contribution in [0.15, 0.2) is 18.6 Å². The van der Waals surface area contributed by atoms with Gasteiger partial charge in [-0.25, -0.2) is 4.79 Å². The molecule has 84 valence electrons. The van der Waals surface area contributed by atoms with Gasteiger partial charge in [0.25, 0.3) is 0 Å². The van der Waals surface area contributed by atoms with Crippen molar-refractivity contribution in [1.29, 1.82) is 0 Å². The molecule has 0 aliphatic carbocycles. The van der Waals surface area contributed by atoms with Gasteiger partial charge in [0.2, 0.25) is 0 Å². The molecule has 0 saturated carbocycles. The third kappa shape index (κ3) is 3.68. The molecule has 0 atom stereocenters. The Hall–Kier alpha value is -1.41. The van der Waals surface area contributed by atoms with E-state index in [-0.39, 0.29) is 12.2 Å². The first-order valence-corrected chi connectivity index (χ1v) is 4.90. The lowest BCUT2D eigenvalue weighted by Crippen LogP contribution is -2.55. The summed E-state index contributed by atoms with van der Waals surface area (Å²) in [5.74, 6) is 0. The van der Waals surface area contributed by atoms with Crippen molar-refractivity contribution in [2.75, 3.05) is 13.1 Å². The van der Waals surface area contributed by atoms with Gasteiger partial charge in [-0.2, -0.15) is 0 Å². The quantitative estimate of drug-likeness (QED) is 0.517. The number of amides is 1. The van der Waals surface area contributed by atoms with Crippen LogP contribution in [-0.4, -0.2) is 35.8 Å². The van der Waals surface area contributed by atoms with Gasteiger partial charge in [-0.15, -0.1) is 0 Å². The monoisotopic (exact) mass is 211 g/mol. The summed E-state index contributed by atoms with van der Waals surface area (Å²) in [4.78, 5) is 13.1. The van der Waals surface area contributed by atoms with E-state index in [0.29, 0.717) is 13.1 Å². The van der Waals surface area contributed by atoms with Gasteiger partial charge in [0.05, 0.1) is 13.1 Å². The van der Waals surface area contributed by atoms with Crippen molar-refractivity contribution in [2.24, 2.45) is 0 Å². The Balaban J connectivity index is 2.26. The minimum Gasteiger partial charge on any atom is -0.486 e. The molecule has 4 nitrogen and oxygen atoms in total. The predicted octanol–water partition coefficient (Wildman–Crippen LogP) is 1.92. The maximum absolute atomic E-state index is 11.5. The predicted molar refractivity (Wildman–Crippen MR) is 56.4 cm³/mol. The molecule has 1 aliphatic rings. The van der Waals surface area contributed by atoms with Crippen LogP contribution in [0.25, 0.3) is 0 Å². The van der Waals surface area contributed by atoms with E-state index in [0.717, 1.165) is 0 Å². The first kappa shape index (κ1) is 11.7. The zero-order chi connectivity index (χ0) is 11.5. The van der Waals surface area contributed by atoms with E-state index in [1.807, 2.05) is 20.8 Å². The highest BCUT2D eigenvalue weighted by molar-refractivity contribution is 5.69. The van der Waals surface area contributed by atoms with E-state index in [2.05, 4.69) is 12.3 Å². The van der Waals surface area contributed by atoms with Crippen LogP contribution in [0.3, 0.4) is 0 Å².